The van der Waals surface area contributed by atoms with Crippen LogP contribution >= 0.6 is 22.9 Å². The summed E-state index contributed by atoms with van der Waals surface area (Å²) in [6.45, 7) is 3.32. The van der Waals surface area contributed by atoms with E-state index in [4.69, 9.17) is 16.3 Å². The number of urea groups is 1. The molecule has 0 aliphatic carbocycles. The standard InChI is InChI=1S/C14H14ClN5O3S/c1-14(8-2-3-9(15)24-8)12(21)20(13(22)16-14)6-10-17-18-11-7-23-5-4-19(10)11/h2-3H,4-7H2,1H3,(H,16,22). The van der Waals surface area contributed by atoms with E-state index in [0.717, 1.165) is 0 Å². The first-order valence-corrected chi connectivity index (χ1v) is 8.57. The van der Waals surface area contributed by atoms with E-state index in [1.165, 1.54) is 16.2 Å². The molecule has 2 aliphatic heterocycles. The van der Waals surface area contributed by atoms with Crippen molar-refractivity contribution in [2.45, 2.75) is 32.2 Å². The van der Waals surface area contributed by atoms with Gasteiger partial charge in [-0.15, -0.1) is 21.5 Å². The number of carbonyl (C=O) groups is 2. The smallest absolute Gasteiger partial charge is 0.325 e. The van der Waals surface area contributed by atoms with Crippen molar-refractivity contribution < 1.29 is 14.3 Å². The zero-order valence-electron chi connectivity index (χ0n) is 12.8. The lowest BCUT2D eigenvalue weighted by Crippen LogP contribution is -2.40. The Kier molecular flexibility index (Phi) is 3.59. The van der Waals surface area contributed by atoms with Gasteiger partial charge in [0.15, 0.2) is 17.2 Å². The number of imide groups is 1. The number of rotatable bonds is 3. The molecule has 2 aromatic rings. The monoisotopic (exact) mass is 367 g/mol. The van der Waals surface area contributed by atoms with E-state index in [1.54, 1.807) is 19.1 Å². The normalized spacial score (nSPS) is 23.5. The van der Waals surface area contributed by atoms with Gasteiger partial charge in [0.1, 0.15) is 6.61 Å². The van der Waals surface area contributed by atoms with Crippen LogP contribution in [0, 0.1) is 0 Å². The van der Waals surface area contributed by atoms with Gasteiger partial charge in [0, 0.05) is 11.4 Å². The second-order valence-electron chi connectivity index (χ2n) is 5.79. The van der Waals surface area contributed by atoms with Crippen molar-refractivity contribution in [3.8, 4) is 0 Å². The van der Waals surface area contributed by atoms with Crippen LogP contribution in [0.25, 0.3) is 0 Å². The van der Waals surface area contributed by atoms with Crippen LogP contribution in [0.3, 0.4) is 0 Å². The van der Waals surface area contributed by atoms with Gasteiger partial charge in [0.05, 0.1) is 17.5 Å². The van der Waals surface area contributed by atoms with Gasteiger partial charge in [-0.1, -0.05) is 11.6 Å². The second-order valence-corrected chi connectivity index (χ2v) is 7.50. The number of nitrogens with one attached hydrogen (secondary N) is 1. The zero-order valence-corrected chi connectivity index (χ0v) is 14.4. The Morgan fingerprint density at radius 3 is 3.00 bits per heavy atom. The largest absolute Gasteiger partial charge is 0.372 e. The Bertz CT molecular complexity index is 834. The highest BCUT2D eigenvalue weighted by Gasteiger charge is 2.50. The predicted molar refractivity (Wildman–Crippen MR) is 85.4 cm³/mol. The minimum absolute atomic E-state index is 0.0758. The molecule has 1 unspecified atom stereocenters. The van der Waals surface area contributed by atoms with Crippen LogP contribution in [0.5, 0.6) is 0 Å². The summed E-state index contributed by atoms with van der Waals surface area (Å²) < 4.78 is 7.78. The van der Waals surface area contributed by atoms with Crippen molar-refractivity contribution in [2.75, 3.05) is 6.61 Å². The molecule has 0 bridgehead atoms. The van der Waals surface area contributed by atoms with Crippen molar-refractivity contribution in [3.05, 3.63) is 33.0 Å². The van der Waals surface area contributed by atoms with Crippen molar-refractivity contribution in [3.63, 3.8) is 0 Å². The summed E-state index contributed by atoms with van der Waals surface area (Å²) in [5.41, 5.74) is -1.11. The van der Waals surface area contributed by atoms with Crippen LogP contribution in [-0.4, -0.2) is 38.2 Å². The van der Waals surface area contributed by atoms with Crippen LogP contribution in [0.2, 0.25) is 4.34 Å². The summed E-state index contributed by atoms with van der Waals surface area (Å²) in [6, 6.07) is 3.02. The quantitative estimate of drug-likeness (QED) is 0.830. The number of nitrogens with zero attached hydrogens (tertiary/aromatic N) is 4. The lowest BCUT2D eigenvalue weighted by Gasteiger charge is -2.20. The number of fused-ring (bicyclic) bond motifs is 1. The van der Waals surface area contributed by atoms with Crippen LogP contribution in [0.15, 0.2) is 12.1 Å². The Hall–Kier alpha value is -1.97. The summed E-state index contributed by atoms with van der Waals surface area (Å²) in [5, 5.41) is 10.9. The third kappa shape index (κ3) is 2.31. The maximum absolute atomic E-state index is 12.9. The Balaban J connectivity index is 1.61. The molecule has 0 radical (unpaired) electrons. The molecule has 0 spiro atoms. The fraction of sp³-hybridized carbons (Fsp3) is 0.429. The highest BCUT2D eigenvalue weighted by atomic mass is 35.5. The summed E-state index contributed by atoms with van der Waals surface area (Å²) in [6.07, 6.45) is 0. The average molecular weight is 368 g/mol. The average Bonchev–Trinajstić information content (AvgIpc) is 3.23. The highest BCUT2D eigenvalue weighted by molar-refractivity contribution is 7.16. The van der Waals surface area contributed by atoms with Gasteiger partial charge in [0.25, 0.3) is 5.91 Å². The molecule has 126 valence electrons. The zero-order chi connectivity index (χ0) is 16.9. The first kappa shape index (κ1) is 15.6. The molecule has 2 aromatic heterocycles. The van der Waals surface area contributed by atoms with Gasteiger partial charge in [0.2, 0.25) is 0 Å². The molecule has 4 rings (SSSR count). The summed E-state index contributed by atoms with van der Waals surface area (Å²) in [7, 11) is 0. The van der Waals surface area contributed by atoms with Gasteiger partial charge in [-0.25, -0.2) is 4.79 Å². The second kappa shape index (κ2) is 5.54. The Morgan fingerprint density at radius 1 is 1.42 bits per heavy atom. The molecule has 3 amide bonds. The van der Waals surface area contributed by atoms with Gasteiger partial charge in [-0.3, -0.25) is 9.69 Å². The molecular weight excluding hydrogens is 354 g/mol. The molecule has 1 N–H and O–H groups in total. The third-order valence-electron chi connectivity index (χ3n) is 4.23. The third-order valence-corrected chi connectivity index (χ3v) is 5.69. The SMILES string of the molecule is CC1(c2ccc(Cl)s2)NC(=O)N(Cc2nnc3n2CCOC3)C1=O. The van der Waals surface area contributed by atoms with E-state index in [-0.39, 0.29) is 12.5 Å². The van der Waals surface area contributed by atoms with E-state index in [0.29, 0.717) is 40.6 Å². The summed E-state index contributed by atoms with van der Waals surface area (Å²) in [4.78, 5) is 27.1. The maximum Gasteiger partial charge on any atom is 0.325 e. The van der Waals surface area contributed by atoms with Crippen LogP contribution < -0.4 is 5.32 Å². The molecule has 1 saturated heterocycles. The van der Waals surface area contributed by atoms with E-state index in [1.807, 2.05) is 4.57 Å². The minimum atomic E-state index is -1.11. The van der Waals surface area contributed by atoms with Gasteiger partial charge >= 0.3 is 6.03 Å². The van der Waals surface area contributed by atoms with Crippen molar-refractivity contribution >= 4 is 34.9 Å². The molecule has 0 saturated carbocycles. The number of thiophene rings is 1. The topological polar surface area (TPSA) is 89.3 Å². The summed E-state index contributed by atoms with van der Waals surface area (Å²) >= 11 is 7.24. The van der Waals surface area contributed by atoms with Gasteiger partial charge in [-0.05, 0) is 19.1 Å². The molecule has 10 heteroatoms. The Labute approximate surface area is 146 Å². The molecule has 1 fully saturated rings. The van der Waals surface area contributed by atoms with Crippen molar-refractivity contribution in [2.24, 2.45) is 0 Å². The fourth-order valence-electron chi connectivity index (χ4n) is 2.91. The van der Waals surface area contributed by atoms with E-state index in [9.17, 15) is 9.59 Å². The predicted octanol–water partition coefficient (Wildman–Crippen LogP) is 1.49. The highest BCUT2D eigenvalue weighted by Crippen LogP contribution is 2.35. The number of carbonyl (C=O) groups excluding carboxylic acids is 2. The number of ether oxygens (including phenoxy) is 1. The molecule has 0 aromatic carbocycles. The van der Waals surface area contributed by atoms with Gasteiger partial charge in [-0.2, -0.15) is 0 Å². The molecule has 8 nitrogen and oxygen atoms in total. The molecular formula is C14H14ClN5O3S. The van der Waals surface area contributed by atoms with Crippen molar-refractivity contribution in [1.82, 2.24) is 25.0 Å². The first-order valence-electron chi connectivity index (χ1n) is 7.37. The molecule has 1 atom stereocenters. The number of hydrogen-bond donors (Lipinski definition) is 1. The van der Waals surface area contributed by atoms with Crippen LogP contribution in [0.1, 0.15) is 23.4 Å². The molecule has 24 heavy (non-hydrogen) atoms. The minimum Gasteiger partial charge on any atom is -0.372 e. The number of hydrogen-bond acceptors (Lipinski definition) is 6. The number of amides is 3. The fourth-order valence-corrected chi connectivity index (χ4v) is 4.04. The van der Waals surface area contributed by atoms with Crippen LogP contribution in [-0.2, 0) is 34.8 Å². The molecule has 4 heterocycles. The number of aromatic nitrogens is 3. The van der Waals surface area contributed by atoms with Gasteiger partial charge < -0.3 is 14.6 Å². The molecule has 2 aliphatic rings. The summed E-state index contributed by atoms with van der Waals surface area (Å²) in [5.74, 6) is 0.955. The first-order chi connectivity index (χ1) is 11.5. The Morgan fingerprint density at radius 2 is 2.25 bits per heavy atom. The van der Waals surface area contributed by atoms with E-state index >= 15 is 0 Å². The van der Waals surface area contributed by atoms with E-state index < -0.39 is 11.6 Å². The lowest BCUT2D eigenvalue weighted by molar-refractivity contribution is -0.131. The lowest BCUT2D eigenvalue weighted by atomic mass is 10.0. The van der Waals surface area contributed by atoms with E-state index in [2.05, 4.69) is 15.5 Å². The maximum atomic E-state index is 12.9. The number of halogens is 1. The van der Waals surface area contributed by atoms with Crippen molar-refractivity contribution in [1.29, 1.82) is 0 Å². The van der Waals surface area contributed by atoms with Crippen LogP contribution in [0.4, 0.5) is 4.79 Å².